The molecule has 1 aromatic carbocycles. The van der Waals surface area contributed by atoms with Crippen LogP contribution >= 0.6 is 0 Å². The van der Waals surface area contributed by atoms with E-state index < -0.39 is 0 Å². The second-order valence-corrected chi connectivity index (χ2v) is 7.02. The third-order valence-electron chi connectivity index (χ3n) is 5.21. The molecule has 2 fully saturated rings. The Hall–Kier alpha value is -2.08. The van der Waals surface area contributed by atoms with Crippen molar-refractivity contribution in [3.63, 3.8) is 0 Å². The van der Waals surface area contributed by atoms with Crippen molar-refractivity contribution in [1.82, 2.24) is 9.80 Å². The van der Waals surface area contributed by atoms with Gasteiger partial charge in [-0.15, -0.1) is 0 Å². The first-order valence-electron chi connectivity index (χ1n) is 8.55. The molecule has 0 unspecified atom stereocenters. The molecule has 6 heteroatoms. The molecule has 0 aliphatic carbocycles. The van der Waals surface area contributed by atoms with Crippen molar-refractivity contribution in [2.75, 3.05) is 45.2 Å². The average Bonchev–Trinajstić information content (AvgIpc) is 2.54. The lowest BCUT2D eigenvalue weighted by atomic mass is 9.93. The molecule has 2 aliphatic heterocycles. The molecule has 2 aliphatic rings. The van der Waals surface area contributed by atoms with Crippen molar-refractivity contribution in [3.05, 3.63) is 29.8 Å². The number of nitrogens with two attached hydrogens (primary N) is 1. The van der Waals surface area contributed by atoms with Gasteiger partial charge in [0.15, 0.2) is 0 Å². The van der Waals surface area contributed by atoms with Gasteiger partial charge in [-0.1, -0.05) is 6.07 Å². The summed E-state index contributed by atoms with van der Waals surface area (Å²) in [5.41, 5.74) is 7.16. The van der Waals surface area contributed by atoms with Crippen LogP contribution < -0.4 is 10.6 Å². The molecule has 0 saturated carbocycles. The topological polar surface area (TPSA) is 69.9 Å². The zero-order valence-electron chi connectivity index (χ0n) is 14.4. The first kappa shape index (κ1) is 16.8. The van der Waals surface area contributed by atoms with Crippen molar-refractivity contribution in [2.24, 2.45) is 11.7 Å². The van der Waals surface area contributed by atoms with Crippen LogP contribution in [0, 0.1) is 5.92 Å². The molecule has 24 heavy (non-hydrogen) atoms. The summed E-state index contributed by atoms with van der Waals surface area (Å²) in [4.78, 5) is 30.1. The van der Waals surface area contributed by atoms with Gasteiger partial charge in [0.25, 0.3) is 5.91 Å². The lowest BCUT2D eigenvalue weighted by Crippen LogP contribution is -2.62. The van der Waals surface area contributed by atoms with E-state index in [-0.39, 0.29) is 17.7 Å². The molecule has 2 saturated heterocycles. The molecular weight excluding hydrogens is 304 g/mol. The van der Waals surface area contributed by atoms with Crippen LogP contribution in [0.1, 0.15) is 23.2 Å². The van der Waals surface area contributed by atoms with Gasteiger partial charge in [0.2, 0.25) is 5.91 Å². The fourth-order valence-corrected chi connectivity index (χ4v) is 3.50. The number of carbonyl (C=O) groups excluding carboxylic acids is 2. The van der Waals surface area contributed by atoms with Crippen molar-refractivity contribution < 1.29 is 9.59 Å². The summed E-state index contributed by atoms with van der Waals surface area (Å²) in [5, 5.41) is 0. The van der Waals surface area contributed by atoms with E-state index in [9.17, 15) is 9.59 Å². The Morgan fingerprint density at radius 3 is 2.42 bits per heavy atom. The first-order chi connectivity index (χ1) is 11.5. The molecule has 1 aromatic rings. The van der Waals surface area contributed by atoms with Crippen LogP contribution in [0.25, 0.3) is 0 Å². The zero-order chi connectivity index (χ0) is 17.3. The Labute approximate surface area is 143 Å². The monoisotopic (exact) mass is 330 g/mol. The Bertz CT molecular complexity index is 617. The molecule has 2 N–H and O–H groups in total. The summed E-state index contributed by atoms with van der Waals surface area (Å²) in [6.07, 6.45) is 1.68. The van der Waals surface area contributed by atoms with Gasteiger partial charge in [-0.3, -0.25) is 14.5 Å². The predicted octanol–water partition coefficient (Wildman–Crippen LogP) is 0.774. The van der Waals surface area contributed by atoms with Gasteiger partial charge in [-0.2, -0.15) is 0 Å². The lowest BCUT2D eigenvalue weighted by Gasteiger charge is -2.47. The fourth-order valence-electron chi connectivity index (χ4n) is 3.50. The van der Waals surface area contributed by atoms with E-state index in [4.69, 9.17) is 5.73 Å². The molecular formula is C18H26N4O2. The Morgan fingerprint density at radius 2 is 1.83 bits per heavy atom. The van der Waals surface area contributed by atoms with Gasteiger partial charge in [0, 0.05) is 50.4 Å². The van der Waals surface area contributed by atoms with Crippen molar-refractivity contribution in [1.29, 1.82) is 0 Å². The molecule has 3 rings (SSSR count). The van der Waals surface area contributed by atoms with E-state index in [1.807, 2.05) is 48.2 Å². The third kappa shape index (κ3) is 3.38. The minimum atomic E-state index is -0.180. The summed E-state index contributed by atoms with van der Waals surface area (Å²) in [5.74, 6) is -0.0596. The minimum Gasteiger partial charge on any atom is -0.378 e. The largest absolute Gasteiger partial charge is 0.378 e. The predicted molar refractivity (Wildman–Crippen MR) is 94.0 cm³/mol. The van der Waals surface area contributed by atoms with Gasteiger partial charge < -0.3 is 15.5 Å². The summed E-state index contributed by atoms with van der Waals surface area (Å²) in [7, 11) is 3.94. The van der Waals surface area contributed by atoms with E-state index in [1.165, 1.54) is 0 Å². The second-order valence-electron chi connectivity index (χ2n) is 7.02. The highest BCUT2D eigenvalue weighted by Crippen LogP contribution is 2.25. The van der Waals surface area contributed by atoms with Crippen LogP contribution in [0.15, 0.2) is 24.3 Å². The summed E-state index contributed by atoms with van der Waals surface area (Å²) < 4.78 is 0. The van der Waals surface area contributed by atoms with Crippen molar-refractivity contribution in [3.8, 4) is 0 Å². The van der Waals surface area contributed by atoms with Crippen LogP contribution in [0.5, 0.6) is 0 Å². The second kappa shape index (κ2) is 6.81. The molecule has 6 nitrogen and oxygen atoms in total. The maximum Gasteiger partial charge on any atom is 0.254 e. The highest BCUT2D eigenvalue weighted by molar-refractivity contribution is 5.95. The number of amides is 2. The summed E-state index contributed by atoms with van der Waals surface area (Å²) in [6.45, 7) is 3.34. The van der Waals surface area contributed by atoms with E-state index in [0.717, 1.165) is 50.3 Å². The van der Waals surface area contributed by atoms with Crippen molar-refractivity contribution in [2.45, 2.75) is 18.9 Å². The number of carbonyl (C=O) groups is 2. The van der Waals surface area contributed by atoms with Crippen LogP contribution in [0.4, 0.5) is 5.69 Å². The number of rotatable bonds is 4. The van der Waals surface area contributed by atoms with Gasteiger partial charge in [-0.25, -0.2) is 0 Å². The summed E-state index contributed by atoms with van der Waals surface area (Å²) >= 11 is 0. The van der Waals surface area contributed by atoms with Crippen molar-refractivity contribution >= 4 is 17.5 Å². The van der Waals surface area contributed by atoms with E-state index in [2.05, 4.69) is 4.90 Å². The van der Waals surface area contributed by atoms with Gasteiger partial charge >= 0.3 is 0 Å². The Kier molecular flexibility index (Phi) is 4.76. The maximum absolute atomic E-state index is 12.6. The van der Waals surface area contributed by atoms with Crippen LogP contribution in [0.2, 0.25) is 0 Å². The number of anilines is 1. The van der Waals surface area contributed by atoms with Gasteiger partial charge in [0.05, 0.1) is 0 Å². The fraction of sp³-hybridized carbons (Fsp3) is 0.556. The standard InChI is InChI=1S/C18H26N4O2/c1-20(2)15-5-3-4-14(10-15)18(24)22-11-16(12-22)21-8-6-13(7-9-21)17(19)23/h3-5,10,13,16H,6-9,11-12H2,1-2H3,(H2,19,23). The first-order valence-corrected chi connectivity index (χ1v) is 8.55. The molecule has 0 spiro atoms. The molecule has 0 bridgehead atoms. The Balaban J connectivity index is 1.52. The number of likely N-dealkylation sites (tertiary alicyclic amines) is 2. The quantitative estimate of drug-likeness (QED) is 0.885. The average molecular weight is 330 g/mol. The smallest absolute Gasteiger partial charge is 0.254 e. The number of benzene rings is 1. The van der Waals surface area contributed by atoms with Gasteiger partial charge in [-0.05, 0) is 44.1 Å². The maximum atomic E-state index is 12.6. The summed E-state index contributed by atoms with van der Waals surface area (Å²) in [6, 6.07) is 8.15. The number of piperidine rings is 1. The molecule has 2 heterocycles. The normalized spacial score (nSPS) is 19.8. The SMILES string of the molecule is CN(C)c1cccc(C(=O)N2CC(N3CCC(C(N)=O)CC3)C2)c1. The zero-order valence-corrected chi connectivity index (χ0v) is 14.4. The highest BCUT2D eigenvalue weighted by Gasteiger charge is 2.37. The molecule has 0 atom stereocenters. The lowest BCUT2D eigenvalue weighted by molar-refractivity contribution is -0.123. The van der Waals surface area contributed by atoms with E-state index in [1.54, 1.807) is 0 Å². The molecule has 2 amide bonds. The Morgan fingerprint density at radius 1 is 1.17 bits per heavy atom. The van der Waals surface area contributed by atoms with Gasteiger partial charge in [0.1, 0.15) is 0 Å². The number of hydrogen-bond acceptors (Lipinski definition) is 4. The molecule has 0 radical (unpaired) electrons. The minimum absolute atomic E-state index is 0.0211. The molecule has 130 valence electrons. The van der Waals surface area contributed by atoms with Crippen LogP contribution in [-0.2, 0) is 4.79 Å². The molecule has 0 aromatic heterocycles. The third-order valence-corrected chi connectivity index (χ3v) is 5.21. The van der Waals surface area contributed by atoms with E-state index >= 15 is 0 Å². The number of primary amides is 1. The van der Waals surface area contributed by atoms with Crippen LogP contribution in [0.3, 0.4) is 0 Å². The van der Waals surface area contributed by atoms with Crippen LogP contribution in [-0.4, -0.2) is 67.9 Å². The van der Waals surface area contributed by atoms with E-state index in [0.29, 0.717) is 6.04 Å². The highest BCUT2D eigenvalue weighted by atomic mass is 16.2. The number of hydrogen-bond donors (Lipinski definition) is 1. The number of nitrogens with zero attached hydrogens (tertiary/aromatic N) is 3.